The lowest BCUT2D eigenvalue weighted by Crippen LogP contribution is -2.46. The fourth-order valence-electron chi connectivity index (χ4n) is 3.15. The van der Waals surface area contributed by atoms with Gasteiger partial charge in [0.15, 0.2) is 5.78 Å². The summed E-state index contributed by atoms with van der Waals surface area (Å²) in [6.45, 7) is 3.77. The first-order valence-corrected chi connectivity index (χ1v) is 8.40. The number of piperazine rings is 1. The molecule has 9 nitrogen and oxygen atoms in total. The van der Waals surface area contributed by atoms with Crippen LogP contribution in [0.25, 0.3) is 0 Å². The molecular weight excluding hydrogens is 352 g/mol. The van der Waals surface area contributed by atoms with Crippen molar-refractivity contribution >= 4 is 28.5 Å². The van der Waals surface area contributed by atoms with Crippen LogP contribution in [0, 0.1) is 20.2 Å². The zero-order chi connectivity index (χ0) is 19.6. The number of non-ortho nitro benzene ring substituents is 1. The van der Waals surface area contributed by atoms with Crippen molar-refractivity contribution in [3.8, 4) is 0 Å². The van der Waals surface area contributed by atoms with E-state index < -0.39 is 9.85 Å². The van der Waals surface area contributed by atoms with Crippen LogP contribution in [-0.2, 0) is 0 Å². The van der Waals surface area contributed by atoms with E-state index in [4.69, 9.17) is 0 Å². The van der Waals surface area contributed by atoms with Crippen LogP contribution in [0.5, 0.6) is 0 Å². The van der Waals surface area contributed by atoms with Gasteiger partial charge in [0.2, 0.25) is 0 Å². The number of nitro benzene ring substituents is 2. The van der Waals surface area contributed by atoms with Gasteiger partial charge >= 0.3 is 0 Å². The first-order valence-electron chi connectivity index (χ1n) is 8.40. The third-order valence-electron chi connectivity index (χ3n) is 4.62. The van der Waals surface area contributed by atoms with Crippen LogP contribution in [0.2, 0.25) is 0 Å². The van der Waals surface area contributed by atoms with Crippen LogP contribution in [0.3, 0.4) is 0 Å². The van der Waals surface area contributed by atoms with Crippen LogP contribution < -0.4 is 9.80 Å². The van der Waals surface area contributed by atoms with Crippen molar-refractivity contribution in [2.24, 2.45) is 0 Å². The van der Waals surface area contributed by atoms with Crippen LogP contribution in [-0.4, -0.2) is 41.8 Å². The molecule has 1 fully saturated rings. The maximum absolute atomic E-state index is 11.5. The van der Waals surface area contributed by atoms with E-state index in [1.165, 1.54) is 25.1 Å². The highest BCUT2D eigenvalue weighted by molar-refractivity contribution is 5.95. The average molecular weight is 370 g/mol. The highest BCUT2D eigenvalue weighted by Crippen LogP contribution is 2.31. The van der Waals surface area contributed by atoms with Gasteiger partial charge in [-0.05, 0) is 31.2 Å². The number of carbonyl (C=O) groups excluding carboxylic acids is 1. The predicted octanol–water partition coefficient (Wildman–Crippen LogP) is 3.03. The number of rotatable bonds is 5. The summed E-state index contributed by atoms with van der Waals surface area (Å²) in [6, 6.07) is 10.9. The lowest BCUT2D eigenvalue weighted by atomic mass is 10.1. The first kappa shape index (κ1) is 18.3. The van der Waals surface area contributed by atoms with E-state index in [1.54, 1.807) is 24.3 Å². The molecule has 3 rings (SSSR count). The Kier molecular flexibility index (Phi) is 5.02. The second-order valence-corrected chi connectivity index (χ2v) is 6.26. The van der Waals surface area contributed by atoms with Gasteiger partial charge in [-0.25, -0.2) is 0 Å². The number of Topliss-reactive ketones (excluding diaryl/α,β-unsaturated/α-hetero) is 1. The average Bonchev–Trinajstić information content (AvgIpc) is 2.67. The Morgan fingerprint density at radius 1 is 0.889 bits per heavy atom. The van der Waals surface area contributed by atoms with Crippen molar-refractivity contribution in [1.29, 1.82) is 0 Å². The number of nitrogens with zero attached hydrogens (tertiary/aromatic N) is 4. The van der Waals surface area contributed by atoms with Gasteiger partial charge in [-0.15, -0.1) is 0 Å². The highest BCUT2D eigenvalue weighted by Gasteiger charge is 2.25. The molecule has 0 spiro atoms. The van der Waals surface area contributed by atoms with Gasteiger partial charge in [0.05, 0.1) is 9.85 Å². The Morgan fingerprint density at radius 2 is 1.48 bits per heavy atom. The van der Waals surface area contributed by atoms with Gasteiger partial charge in [0.1, 0.15) is 5.69 Å². The quantitative estimate of drug-likeness (QED) is 0.452. The Morgan fingerprint density at radius 3 is 2.00 bits per heavy atom. The van der Waals surface area contributed by atoms with Crippen molar-refractivity contribution < 1.29 is 14.6 Å². The molecule has 0 aliphatic carbocycles. The second-order valence-electron chi connectivity index (χ2n) is 6.26. The summed E-state index contributed by atoms with van der Waals surface area (Å²) in [7, 11) is 0. The van der Waals surface area contributed by atoms with Gasteiger partial charge < -0.3 is 9.80 Å². The lowest BCUT2D eigenvalue weighted by molar-refractivity contribution is -0.384. The molecule has 0 unspecified atom stereocenters. The van der Waals surface area contributed by atoms with Gasteiger partial charge in [-0.2, -0.15) is 0 Å². The molecule has 0 atom stereocenters. The standard InChI is InChI=1S/C18H18N4O5/c1-13(23)14-2-7-17(18(12-14)22(26)27)20-10-8-19(9-11-20)15-3-5-16(6-4-15)21(24)25/h2-7,12H,8-11H2,1H3. The molecule has 140 valence electrons. The molecule has 0 aromatic heterocycles. The SMILES string of the molecule is CC(=O)c1ccc(N2CCN(c3ccc([N+](=O)[O-])cc3)CC2)c([N+](=O)[O-])c1. The number of anilines is 2. The van der Waals surface area contributed by atoms with Crippen LogP contribution in [0.15, 0.2) is 42.5 Å². The number of benzene rings is 2. The molecule has 1 aliphatic rings. The number of carbonyl (C=O) groups is 1. The van der Waals surface area contributed by atoms with Gasteiger partial charge in [0.25, 0.3) is 11.4 Å². The van der Waals surface area contributed by atoms with E-state index in [9.17, 15) is 25.0 Å². The Labute approximate surface area is 155 Å². The number of hydrogen-bond acceptors (Lipinski definition) is 7. The van der Waals surface area contributed by atoms with Gasteiger partial charge in [-0.3, -0.25) is 25.0 Å². The number of hydrogen-bond donors (Lipinski definition) is 0. The van der Waals surface area contributed by atoms with Crippen molar-refractivity contribution in [1.82, 2.24) is 0 Å². The van der Waals surface area contributed by atoms with Crippen LogP contribution in [0.4, 0.5) is 22.7 Å². The lowest BCUT2D eigenvalue weighted by Gasteiger charge is -2.37. The van der Waals surface area contributed by atoms with E-state index in [2.05, 4.69) is 4.90 Å². The molecule has 2 aromatic rings. The summed E-state index contributed by atoms with van der Waals surface area (Å²) in [4.78, 5) is 36.7. The Bertz CT molecular complexity index is 889. The fraction of sp³-hybridized carbons (Fsp3) is 0.278. The molecule has 1 saturated heterocycles. The maximum atomic E-state index is 11.5. The molecule has 0 N–H and O–H groups in total. The molecule has 0 radical (unpaired) electrons. The van der Waals surface area contributed by atoms with Crippen molar-refractivity contribution in [2.45, 2.75) is 6.92 Å². The predicted molar refractivity (Wildman–Crippen MR) is 101 cm³/mol. The third-order valence-corrected chi connectivity index (χ3v) is 4.62. The first-order chi connectivity index (χ1) is 12.9. The van der Waals surface area contributed by atoms with E-state index >= 15 is 0 Å². The summed E-state index contributed by atoms with van der Waals surface area (Å²) in [6.07, 6.45) is 0. The molecule has 0 bridgehead atoms. The Balaban J connectivity index is 1.74. The molecule has 1 heterocycles. The molecule has 27 heavy (non-hydrogen) atoms. The number of ketones is 1. The summed E-state index contributed by atoms with van der Waals surface area (Å²) >= 11 is 0. The fourth-order valence-corrected chi connectivity index (χ4v) is 3.15. The minimum Gasteiger partial charge on any atom is -0.368 e. The van der Waals surface area contributed by atoms with Crippen molar-refractivity contribution in [3.05, 3.63) is 68.3 Å². The highest BCUT2D eigenvalue weighted by atomic mass is 16.6. The summed E-state index contributed by atoms with van der Waals surface area (Å²) in [5.41, 5.74) is 1.65. The van der Waals surface area contributed by atoms with Crippen molar-refractivity contribution in [3.63, 3.8) is 0 Å². The smallest absolute Gasteiger partial charge is 0.293 e. The molecule has 9 heteroatoms. The normalized spacial score (nSPS) is 14.1. The van der Waals surface area contributed by atoms with Crippen LogP contribution in [0.1, 0.15) is 17.3 Å². The van der Waals surface area contributed by atoms with Gasteiger partial charge in [-0.1, -0.05) is 0 Å². The summed E-state index contributed by atoms with van der Waals surface area (Å²) in [5, 5.41) is 22.2. The third kappa shape index (κ3) is 3.86. The molecular formula is C18H18N4O5. The monoisotopic (exact) mass is 370 g/mol. The zero-order valence-corrected chi connectivity index (χ0v) is 14.7. The van der Waals surface area contributed by atoms with E-state index in [0.717, 1.165) is 5.69 Å². The maximum Gasteiger partial charge on any atom is 0.293 e. The van der Waals surface area contributed by atoms with E-state index in [0.29, 0.717) is 37.4 Å². The van der Waals surface area contributed by atoms with Crippen LogP contribution >= 0.6 is 0 Å². The molecule has 0 amide bonds. The zero-order valence-electron chi connectivity index (χ0n) is 14.7. The molecule has 2 aromatic carbocycles. The largest absolute Gasteiger partial charge is 0.368 e. The van der Waals surface area contributed by atoms with E-state index in [1.807, 2.05) is 4.90 Å². The van der Waals surface area contributed by atoms with E-state index in [-0.39, 0.29) is 17.2 Å². The van der Waals surface area contributed by atoms with Crippen molar-refractivity contribution in [2.75, 3.05) is 36.0 Å². The Hall–Kier alpha value is -3.49. The number of nitro groups is 2. The minimum atomic E-state index is -0.468. The van der Waals surface area contributed by atoms with Gasteiger partial charge in [0, 0.05) is 55.6 Å². The minimum absolute atomic E-state index is 0.0403. The summed E-state index contributed by atoms with van der Waals surface area (Å²) < 4.78 is 0. The second kappa shape index (κ2) is 7.40. The molecule has 0 saturated carbocycles. The molecule has 1 aliphatic heterocycles. The topological polar surface area (TPSA) is 110 Å². The summed E-state index contributed by atoms with van der Waals surface area (Å²) in [5.74, 6) is -0.215.